The highest BCUT2D eigenvalue weighted by atomic mass is 16.4. The SMILES string of the molecule is Cc1oc(-c2ccco2)nc1CC(=O)NCC1=CCNCC1. The van der Waals surface area contributed by atoms with Crippen LogP contribution >= 0.6 is 0 Å². The van der Waals surface area contributed by atoms with Crippen molar-refractivity contribution in [3.8, 4) is 11.7 Å². The molecule has 2 aromatic rings. The number of nitrogens with one attached hydrogen (secondary N) is 2. The fraction of sp³-hybridized carbons (Fsp3) is 0.375. The minimum absolute atomic E-state index is 0.0539. The van der Waals surface area contributed by atoms with Crippen LogP contribution in [0.4, 0.5) is 0 Å². The van der Waals surface area contributed by atoms with Gasteiger partial charge in [-0.3, -0.25) is 4.79 Å². The van der Waals surface area contributed by atoms with Gasteiger partial charge in [0.15, 0.2) is 5.76 Å². The van der Waals surface area contributed by atoms with Crippen LogP contribution in [0.15, 0.2) is 38.9 Å². The zero-order chi connectivity index (χ0) is 15.4. The largest absolute Gasteiger partial charge is 0.459 e. The highest BCUT2D eigenvalue weighted by Crippen LogP contribution is 2.22. The van der Waals surface area contributed by atoms with Crippen molar-refractivity contribution in [1.82, 2.24) is 15.6 Å². The fourth-order valence-corrected chi connectivity index (χ4v) is 2.35. The van der Waals surface area contributed by atoms with E-state index in [9.17, 15) is 4.79 Å². The number of carbonyl (C=O) groups excluding carboxylic acids is 1. The lowest BCUT2D eigenvalue weighted by atomic mass is 10.1. The van der Waals surface area contributed by atoms with Crippen LogP contribution in [-0.2, 0) is 11.2 Å². The predicted molar refractivity (Wildman–Crippen MR) is 81.2 cm³/mol. The molecule has 2 aromatic heterocycles. The molecule has 1 aliphatic rings. The second-order valence-electron chi connectivity index (χ2n) is 5.27. The molecule has 0 atom stereocenters. The standard InChI is InChI=1S/C16H19N3O3/c1-11-13(19-16(22-11)14-3-2-8-21-14)9-15(20)18-10-12-4-6-17-7-5-12/h2-4,8,17H,5-7,9-10H2,1H3,(H,18,20). The molecule has 3 rings (SSSR count). The van der Waals surface area contributed by atoms with Crippen molar-refractivity contribution < 1.29 is 13.6 Å². The van der Waals surface area contributed by atoms with Gasteiger partial charge in [0, 0.05) is 13.1 Å². The summed E-state index contributed by atoms with van der Waals surface area (Å²) < 4.78 is 10.8. The fourth-order valence-electron chi connectivity index (χ4n) is 2.35. The van der Waals surface area contributed by atoms with E-state index >= 15 is 0 Å². The second-order valence-corrected chi connectivity index (χ2v) is 5.27. The summed E-state index contributed by atoms with van der Waals surface area (Å²) in [5, 5.41) is 6.18. The predicted octanol–water partition coefficient (Wildman–Crippen LogP) is 1.82. The van der Waals surface area contributed by atoms with Gasteiger partial charge in [0.1, 0.15) is 5.76 Å². The van der Waals surface area contributed by atoms with Gasteiger partial charge in [-0.15, -0.1) is 0 Å². The summed E-state index contributed by atoms with van der Waals surface area (Å²) in [5.74, 6) is 1.56. The van der Waals surface area contributed by atoms with Crippen LogP contribution in [0.25, 0.3) is 11.7 Å². The summed E-state index contributed by atoms with van der Waals surface area (Å²) in [6.07, 6.45) is 4.88. The number of nitrogens with zero attached hydrogens (tertiary/aromatic N) is 1. The Labute approximate surface area is 128 Å². The third-order valence-corrected chi connectivity index (χ3v) is 3.62. The first-order valence-corrected chi connectivity index (χ1v) is 7.38. The highest BCUT2D eigenvalue weighted by molar-refractivity contribution is 5.78. The summed E-state index contributed by atoms with van der Waals surface area (Å²) in [4.78, 5) is 16.4. The number of hydrogen-bond donors (Lipinski definition) is 2. The highest BCUT2D eigenvalue weighted by Gasteiger charge is 2.16. The Morgan fingerprint density at radius 2 is 2.41 bits per heavy atom. The number of hydrogen-bond acceptors (Lipinski definition) is 5. The van der Waals surface area contributed by atoms with E-state index in [1.165, 1.54) is 5.57 Å². The van der Waals surface area contributed by atoms with E-state index in [1.54, 1.807) is 25.3 Å². The van der Waals surface area contributed by atoms with Gasteiger partial charge >= 0.3 is 0 Å². The van der Waals surface area contributed by atoms with Gasteiger partial charge in [0.25, 0.3) is 5.89 Å². The minimum atomic E-state index is -0.0539. The molecule has 0 radical (unpaired) electrons. The third-order valence-electron chi connectivity index (χ3n) is 3.62. The van der Waals surface area contributed by atoms with Crippen molar-refractivity contribution >= 4 is 5.91 Å². The Morgan fingerprint density at radius 3 is 3.14 bits per heavy atom. The summed E-state index contributed by atoms with van der Waals surface area (Å²) in [6.45, 7) is 4.25. The molecule has 0 saturated heterocycles. The molecule has 1 amide bonds. The average Bonchev–Trinajstić information content (AvgIpc) is 3.17. The zero-order valence-corrected chi connectivity index (χ0v) is 12.5. The minimum Gasteiger partial charge on any atom is -0.459 e. The number of oxazole rings is 1. The third kappa shape index (κ3) is 3.46. The van der Waals surface area contributed by atoms with Gasteiger partial charge in [0.05, 0.1) is 18.4 Å². The molecule has 2 N–H and O–H groups in total. The van der Waals surface area contributed by atoms with Crippen LogP contribution in [0, 0.1) is 6.92 Å². The molecular weight excluding hydrogens is 282 g/mol. The average molecular weight is 301 g/mol. The number of rotatable bonds is 5. The van der Waals surface area contributed by atoms with E-state index in [0.717, 1.165) is 19.5 Å². The first-order chi connectivity index (χ1) is 10.7. The Bertz CT molecular complexity index is 671. The molecule has 0 unspecified atom stereocenters. The Morgan fingerprint density at radius 1 is 1.50 bits per heavy atom. The van der Waals surface area contributed by atoms with Gasteiger partial charge in [-0.25, -0.2) is 4.98 Å². The van der Waals surface area contributed by atoms with Crippen molar-refractivity contribution in [1.29, 1.82) is 0 Å². The summed E-state index contributed by atoms with van der Waals surface area (Å²) >= 11 is 0. The normalized spacial score (nSPS) is 14.7. The van der Waals surface area contributed by atoms with Crippen LogP contribution < -0.4 is 10.6 Å². The molecule has 3 heterocycles. The molecule has 22 heavy (non-hydrogen) atoms. The summed E-state index contributed by atoms with van der Waals surface area (Å²) in [6, 6.07) is 3.55. The molecule has 0 spiro atoms. The van der Waals surface area contributed by atoms with Crippen molar-refractivity contribution in [2.45, 2.75) is 19.8 Å². The van der Waals surface area contributed by atoms with Crippen LogP contribution in [0.2, 0.25) is 0 Å². The second kappa shape index (κ2) is 6.62. The van der Waals surface area contributed by atoms with Crippen molar-refractivity contribution in [2.75, 3.05) is 19.6 Å². The number of aromatic nitrogens is 1. The quantitative estimate of drug-likeness (QED) is 0.823. The molecule has 1 aliphatic heterocycles. The van der Waals surface area contributed by atoms with Crippen molar-refractivity contribution in [2.24, 2.45) is 0 Å². The monoisotopic (exact) mass is 301 g/mol. The molecule has 116 valence electrons. The van der Waals surface area contributed by atoms with E-state index in [2.05, 4.69) is 21.7 Å². The number of aryl methyl sites for hydroxylation is 1. The molecule has 0 bridgehead atoms. The lowest BCUT2D eigenvalue weighted by molar-refractivity contribution is -0.120. The van der Waals surface area contributed by atoms with Crippen molar-refractivity contribution in [3.63, 3.8) is 0 Å². The summed E-state index contributed by atoms with van der Waals surface area (Å²) in [5.41, 5.74) is 1.91. The molecule has 0 saturated carbocycles. The number of amides is 1. The molecule has 6 nitrogen and oxygen atoms in total. The Kier molecular flexibility index (Phi) is 4.39. The topological polar surface area (TPSA) is 80.3 Å². The van der Waals surface area contributed by atoms with Gasteiger partial charge < -0.3 is 19.5 Å². The maximum absolute atomic E-state index is 12.0. The maximum atomic E-state index is 12.0. The number of furan rings is 1. The summed E-state index contributed by atoms with van der Waals surface area (Å²) in [7, 11) is 0. The zero-order valence-electron chi connectivity index (χ0n) is 12.5. The van der Waals surface area contributed by atoms with Crippen molar-refractivity contribution in [3.05, 3.63) is 41.5 Å². The van der Waals surface area contributed by atoms with Crippen LogP contribution in [0.5, 0.6) is 0 Å². The Balaban J connectivity index is 1.58. The first-order valence-electron chi connectivity index (χ1n) is 7.38. The molecule has 0 aromatic carbocycles. The smallest absolute Gasteiger partial charge is 0.263 e. The lowest BCUT2D eigenvalue weighted by Crippen LogP contribution is -2.30. The molecule has 0 fully saturated rings. The van der Waals surface area contributed by atoms with Gasteiger partial charge in [-0.1, -0.05) is 11.6 Å². The first kappa shape index (κ1) is 14.6. The molecule has 0 aliphatic carbocycles. The van der Waals surface area contributed by atoms with E-state index in [4.69, 9.17) is 8.83 Å². The van der Waals surface area contributed by atoms with E-state index in [-0.39, 0.29) is 12.3 Å². The van der Waals surface area contributed by atoms with Gasteiger partial charge in [-0.2, -0.15) is 0 Å². The van der Waals surface area contributed by atoms with Crippen LogP contribution in [0.3, 0.4) is 0 Å². The molecular formula is C16H19N3O3. The molecule has 6 heteroatoms. The maximum Gasteiger partial charge on any atom is 0.263 e. The van der Waals surface area contributed by atoms with Gasteiger partial charge in [0.2, 0.25) is 5.91 Å². The Hall–Kier alpha value is -2.34. The van der Waals surface area contributed by atoms with E-state index < -0.39 is 0 Å². The van der Waals surface area contributed by atoms with E-state index in [0.29, 0.717) is 29.6 Å². The van der Waals surface area contributed by atoms with Gasteiger partial charge in [-0.05, 0) is 32.0 Å². The number of carbonyl (C=O) groups is 1. The van der Waals surface area contributed by atoms with Crippen LogP contribution in [-0.4, -0.2) is 30.5 Å². The lowest BCUT2D eigenvalue weighted by Gasteiger charge is -2.14. The van der Waals surface area contributed by atoms with Crippen LogP contribution in [0.1, 0.15) is 17.9 Å². The van der Waals surface area contributed by atoms with E-state index in [1.807, 2.05) is 0 Å².